The molecule has 2 aliphatic rings. The molecule has 0 aliphatic carbocycles. The number of likely N-dealkylation sites (N-methyl/N-ethyl adjacent to an activating group) is 1. The molecule has 2 aromatic carbocycles. The molecule has 1 atom stereocenters. The van der Waals surface area contributed by atoms with E-state index in [0.717, 1.165) is 33.8 Å². The lowest BCUT2D eigenvalue weighted by atomic mass is 9.76. The van der Waals surface area contributed by atoms with E-state index in [2.05, 4.69) is 53.0 Å². The van der Waals surface area contributed by atoms with Gasteiger partial charge in [0, 0.05) is 42.8 Å². The van der Waals surface area contributed by atoms with Crippen molar-refractivity contribution in [2.24, 2.45) is 0 Å². The van der Waals surface area contributed by atoms with Crippen LogP contribution in [0.3, 0.4) is 0 Å². The van der Waals surface area contributed by atoms with Crippen LogP contribution in [0.5, 0.6) is 5.75 Å². The molecule has 0 amide bonds. The molecule has 1 unspecified atom stereocenters. The van der Waals surface area contributed by atoms with E-state index in [9.17, 15) is 10.1 Å². The van der Waals surface area contributed by atoms with Crippen molar-refractivity contribution in [3.05, 3.63) is 106 Å². The van der Waals surface area contributed by atoms with Gasteiger partial charge in [0.15, 0.2) is 0 Å². The monoisotopic (exact) mass is 476 g/mol. The molecule has 2 aliphatic heterocycles. The molecule has 0 N–H and O–H groups in total. The van der Waals surface area contributed by atoms with Gasteiger partial charge in [-0.3, -0.25) is 20.1 Å². The fraction of sp³-hybridized carbons (Fsp3) is 0.172. The van der Waals surface area contributed by atoms with Crippen LogP contribution in [-0.4, -0.2) is 27.7 Å². The Morgan fingerprint density at radius 3 is 2.50 bits per heavy atom. The summed E-state index contributed by atoms with van der Waals surface area (Å²) in [5.74, 6) is 0.630. The van der Waals surface area contributed by atoms with Gasteiger partial charge >= 0.3 is 0 Å². The van der Waals surface area contributed by atoms with Crippen molar-refractivity contribution in [2.75, 3.05) is 11.9 Å². The molecule has 0 saturated heterocycles. The van der Waals surface area contributed by atoms with Gasteiger partial charge in [0.05, 0.1) is 21.7 Å². The van der Waals surface area contributed by atoms with Crippen molar-refractivity contribution < 1.29 is 9.66 Å². The van der Waals surface area contributed by atoms with Gasteiger partial charge in [-0.25, -0.2) is 0 Å². The molecular formula is C29H24N4O3. The average Bonchev–Trinajstić information content (AvgIpc) is 3.06. The van der Waals surface area contributed by atoms with Crippen molar-refractivity contribution in [1.82, 2.24) is 9.97 Å². The van der Waals surface area contributed by atoms with Crippen molar-refractivity contribution in [2.45, 2.75) is 25.0 Å². The van der Waals surface area contributed by atoms with Crippen LogP contribution < -0.4 is 9.64 Å². The fourth-order valence-electron chi connectivity index (χ4n) is 5.36. The zero-order chi connectivity index (χ0) is 25.1. The second kappa shape index (κ2) is 7.75. The number of rotatable bonds is 3. The Morgan fingerprint density at radius 1 is 0.917 bits per heavy atom. The van der Waals surface area contributed by atoms with Crippen molar-refractivity contribution in [1.29, 1.82) is 0 Å². The summed E-state index contributed by atoms with van der Waals surface area (Å²) in [5.41, 5.74) is 5.61. The quantitative estimate of drug-likeness (QED) is 0.257. The summed E-state index contributed by atoms with van der Waals surface area (Å²) >= 11 is 0. The van der Waals surface area contributed by atoms with Gasteiger partial charge in [0.25, 0.3) is 5.69 Å². The Morgan fingerprint density at radius 2 is 1.72 bits per heavy atom. The van der Waals surface area contributed by atoms with E-state index in [-0.39, 0.29) is 10.6 Å². The largest absolute Gasteiger partial charge is 0.463 e. The van der Waals surface area contributed by atoms with Crippen LogP contribution in [0.4, 0.5) is 11.4 Å². The maximum atomic E-state index is 11.2. The van der Waals surface area contributed by atoms with E-state index in [4.69, 9.17) is 4.74 Å². The standard InChI is InChI=1S/C29H24N4O3/c1-28(2)23-17-19(20-12-15-31-25(18-20)24-6-4-5-14-30-24)7-9-26(23)32(3)29(28)13-11-21-16-22(33(34)35)8-10-27(21)36-29/h4-18H,1-3H3. The first-order valence-electron chi connectivity index (χ1n) is 11.7. The van der Waals surface area contributed by atoms with E-state index < -0.39 is 11.1 Å². The van der Waals surface area contributed by atoms with Gasteiger partial charge in [-0.05, 0) is 85.2 Å². The van der Waals surface area contributed by atoms with Crippen molar-refractivity contribution in [3.8, 4) is 28.3 Å². The molecule has 7 nitrogen and oxygen atoms in total. The van der Waals surface area contributed by atoms with Gasteiger partial charge in [0.1, 0.15) is 5.75 Å². The van der Waals surface area contributed by atoms with E-state index in [1.807, 2.05) is 49.7 Å². The number of nitro benzene ring substituents is 1. The van der Waals surface area contributed by atoms with Crippen molar-refractivity contribution in [3.63, 3.8) is 0 Å². The molecule has 4 heterocycles. The van der Waals surface area contributed by atoms with Crippen LogP contribution in [-0.2, 0) is 5.41 Å². The molecular weight excluding hydrogens is 452 g/mol. The number of nitro groups is 1. The Kier molecular flexibility index (Phi) is 4.73. The number of benzene rings is 2. The highest BCUT2D eigenvalue weighted by molar-refractivity contribution is 5.78. The molecule has 0 fully saturated rings. The maximum Gasteiger partial charge on any atom is 0.270 e. The summed E-state index contributed by atoms with van der Waals surface area (Å²) in [5, 5.41) is 11.2. The van der Waals surface area contributed by atoms with Gasteiger partial charge in [0.2, 0.25) is 5.72 Å². The number of fused-ring (bicyclic) bond motifs is 2. The SMILES string of the molecule is CN1c2ccc(-c3ccnc(-c4ccccn4)c3)cc2C(C)(C)C12C=Cc1cc([N+](=O)[O-])ccc1O2. The zero-order valence-electron chi connectivity index (χ0n) is 20.2. The lowest BCUT2D eigenvalue weighted by Gasteiger charge is -2.45. The summed E-state index contributed by atoms with van der Waals surface area (Å²) in [7, 11) is 2.03. The molecule has 36 heavy (non-hydrogen) atoms. The van der Waals surface area contributed by atoms with Crippen LogP contribution in [0.15, 0.2) is 85.2 Å². The maximum absolute atomic E-state index is 11.2. The summed E-state index contributed by atoms with van der Waals surface area (Å²) in [4.78, 5) is 21.9. The van der Waals surface area contributed by atoms with Crippen LogP contribution >= 0.6 is 0 Å². The predicted molar refractivity (Wildman–Crippen MR) is 140 cm³/mol. The highest BCUT2D eigenvalue weighted by Crippen LogP contribution is 2.55. The second-order valence-corrected chi connectivity index (χ2v) is 9.67. The van der Waals surface area contributed by atoms with Crippen LogP contribution in [0.1, 0.15) is 25.0 Å². The van der Waals surface area contributed by atoms with Crippen LogP contribution in [0, 0.1) is 10.1 Å². The average molecular weight is 477 g/mol. The molecule has 6 rings (SSSR count). The number of nitrogens with zero attached hydrogens (tertiary/aromatic N) is 4. The second-order valence-electron chi connectivity index (χ2n) is 9.67. The third-order valence-corrected chi connectivity index (χ3v) is 7.40. The number of anilines is 1. The number of hydrogen-bond acceptors (Lipinski definition) is 6. The Labute approximate surface area is 208 Å². The molecule has 178 valence electrons. The Hall–Kier alpha value is -4.52. The normalized spacial score (nSPS) is 19.0. The first kappa shape index (κ1) is 22.0. The van der Waals surface area contributed by atoms with Gasteiger partial charge in [-0.2, -0.15) is 0 Å². The number of aromatic nitrogens is 2. The molecule has 7 heteroatoms. The first-order valence-corrected chi connectivity index (χ1v) is 11.7. The molecule has 1 spiro atoms. The highest BCUT2D eigenvalue weighted by atomic mass is 16.6. The number of pyridine rings is 2. The molecule has 4 aromatic rings. The number of hydrogen-bond donors (Lipinski definition) is 0. The molecule has 0 saturated carbocycles. The minimum atomic E-state index is -0.769. The van der Waals surface area contributed by atoms with Gasteiger partial charge in [-0.1, -0.05) is 12.1 Å². The lowest BCUT2D eigenvalue weighted by Crippen LogP contribution is -2.58. The van der Waals surface area contributed by atoms with E-state index in [0.29, 0.717) is 11.3 Å². The van der Waals surface area contributed by atoms with Crippen LogP contribution in [0.2, 0.25) is 0 Å². The predicted octanol–water partition coefficient (Wildman–Crippen LogP) is 6.25. The minimum absolute atomic E-state index is 0.0485. The van der Waals surface area contributed by atoms with E-state index in [1.165, 1.54) is 6.07 Å². The Bertz CT molecular complexity index is 1550. The van der Waals surface area contributed by atoms with Gasteiger partial charge < -0.3 is 9.64 Å². The summed E-state index contributed by atoms with van der Waals surface area (Å²) in [6.45, 7) is 4.34. The summed E-state index contributed by atoms with van der Waals surface area (Å²) < 4.78 is 6.65. The summed E-state index contributed by atoms with van der Waals surface area (Å²) in [6.07, 6.45) is 7.53. The van der Waals surface area contributed by atoms with Gasteiger partial charge in [-0.15, -0.1) is 0 Å². The molecule has 2 aromatic heterocycles. The molecule has 0 radical (unpaired) electrons. The topological polar surface area (TPSA) is 81.4 Å². The first-order chi connectivity index (χ1) is 17.3. The zero-order valence-corrected chi connectivity index (χ0v) is 20.2. The van der Waals surface area contributed by atoms with E-state index in [1.54, 1.807) is 18.3 Å². The lowest BCUT2D eigenvalue weighted by molar-refractivity contribution is -0.384. The molecule has 0 bridgehead atoms. The number of ether oxygens (including phenoxy) is 1. The Balaban J connectivity index is 1.40. The van der Waals surface area contributed by atoms with Crippen molar-refractivity contribution >= 4 is 17.5 Å². The third kappa shape index (κ3) is 3.12. The van der Waals surface area contributed by atoms with Crippen LogP contribution in [0.25, 0.3) is 28.6 Å². The third-order valence-electron chi connectivity index (χ3n) is 7.40. The highest BCUT2D eigenvalue weighted by Gasteiger charge is 2.57. The summed E-state index contributed by atoms with van der Waals surface area (Å²) in [6, 6.07) is 21.1. The van der Waals surface area contributed by atoms with E-state index >= 15 is 0 Å². The smallest absolute Gasteiger partial charge is 0.270 e. The number of non-ortho nitro benzene ring substituents is 1. The minimum Gasteiger partial charge on any atom is -0.463 e. The fourth-order valence-corrected chi connectivity index (χ4v) is 5.36.